The van der Waals surface area contributed by atoms with Gasteiger partial charge in [-0.1, -0.05) is 17.3 Å². The lowest BCUT2D eigenvalue weighted by molar-refractivity contribution is -0.274. The summed E-state index contributed by atoms with van der Waals surface area (Å²) >= 11 is 0. The summed E-state index contributed by atoms with van der Waals surface area (Å²) < 4.78 is 49.1. The molecule has 1 aromatic carbocycles. The standard InChI is InChI=1S/C16H18F3N3O2/c1-10(2)23-9-13-15(11-7-8-11)20-21-22(13)12-5-3-4-6-14(12)24-16(17,18)19/h3-6,10-11H,7-9H2,1-2H3. The van der Waals surface area contributed by atoms with Crippen LogP contribution < -0.4 is 4.74 Å². The molecule has 1 saturated carbocycles. The Kier molecular flexibility index (Phi) is 4.49. The van der Waals surface area contributed by atoms with Crippen LogP contribution >= 0.6 is 0 Å². The third kappa shape index (κ3) is 3.87. The van der Waals surface area contributed by atoms with Gasteiger partial charge in [0.1, 0.15) is 5.69 Å². The SMILES string of the molecule is CC(C)OCc1c(C2CC2)nnn1-c1ccccc1OC(F)(F)F. The van der Waals surface area contributed by atoms with E-state index in [-0.39, 0.29) is 24.1 Å². The zero-order valence-corrected chi connectivity index (χ0v) is 13.4. The normalized spacial score (nSPS) is 15.1. The third-order valence-corrected chi connectivity index (χ3v) is 3.63. The van der Waals surface area contributed by atoms with Gasteiger partial charge in [-0.15, -0.1) is 18.3 Å². The molecular weight excluding hydrogens is 323 g/mol. The Balaban J connectivity index is 2.00. The molecule has 5 nitrogen and oxygen atoms in total. The van der Waals surface area contributed by atoms with Gasteiger partial charge in [0.2, 0.25) is 0 Å². The van der Waals surface area contributed by atoms with E-state index in [1.54, 1.807) is 6.07 Å². The summed E-state index contributed by atoms with van der Waals surface area (Å²) in [6, 6.07) is 5.89. The van der Waals surface area contributed by atoms with E-state index in [9.17, 15) is 13.2 Å². The van der Waals surface area contributed by atoms with Crippen molar-refractivity contribution in [1.82, 2.24) is 15.0 Å². The number of rotatable bonds is 6. The lowest BCUT2D eigenvalue weighted by Gasteiger charge is -2.15. The number of hydrogen-bond acceptors (Lipinski definition) is 4. The highest BCUT2D eigenvalue weighted by atomic mass is 19.4. The van der Waals surface area contributed by atoms with Crippen molar-refractivity contribution in [1.29, 1.82) is 0 Å². The van der Waals surface area contributed by atoms with E-state index >= 15 is 0 Å². The maximum atomic E-state index is 12.6. The summed E-state index contributed by atoms with van der Waals surface area (Å²) in [7, 11) is 0. The summed E-state index contributed by atoms with van der Waals surface area (Å²) in [5.41, 5.74) is 1.65. The summed E-state index contributed by atoms with van der Waals surface area (Å²) in [6.45, 7) is 4.02. The Hall–Kier alpha value is -2.09. The first-order valence-corrected chi connectivity index (χ1v) is 7.76. The van der Waals surface area contributed by atoms with Crippen molar-refractivity contribution in [3.8, 4) is 11.4 Å². The highest BCUT2D eigenvalue weighted by Crippen LogP contribution is 2.41. The Morgan fingerprint density at radius 2 is 1.96 bits per heavy atom. The maximum absolute atomic E-state index is 12.6. The van der Waals surface area contributed by atoms with E-state index in [1.165, 1.54) is 22.9 Å². The van der Waals surface area contributed by atoms with Crippen molar-refractivity contribution in [2.75, 3.05) is 0 Å². The number of aromatic nitrogens is 3. The number of hydrogen-bond donors (Lipinski definition) is 0. The van der Waals surface area contributed by atoms with Crippen LogP contribution in [0.4, 0.5) is 13.2 Å². The van der Waals surface area contributed by atoms with Crippen LogP contribution in [0.3, 0.4) is 0 Å². The molecule has 8 heteroatoms. The van der Waals surface area contributed by atoms with Crippen LogP contribution in [0.5, 0.6) is 5.75 Å². The van der Waals surface area contributed by atoms with E-state index in [4.69, 9.17) is 4.74 Å². The molecule has 1 aromatic heterocycles. The predicted molar refractivity (Wildman–Crippen MR) is 79.9 cm³/mol. The van der Waals surface area contributed by atoms with E-state index < -0.39 is 6.36 Å². The molecule has 0 unspecified atom stereocenters. The van der Waals surface area contributed by atoms with Crippen LogP contribution in [-0.4, -0.2) is 27.5 Å². The van der Waals surface area contributed by atoms with Gasteiger partial charge in [0.15, 0.2) is 5.75 Å². The molecule has 1 fully saturated rings. The highest BCUT2D eigenvalue weighted by Gasteiger charge is 2.34. The lowest BCUT2D eigenvalue weighted by Crippen LogP contribution is -2.19. The number of ether oxygens (including phenoxy) is 2. The van der Waals surface area contributed by atoms with Crippen LogP contribution in [-0.2, 0) is 11.3 Å². The van der Waals surface area contributed by atoms with Gasteiger partial charge in [-0.05, 0) is 38.8 Å². The molecule has 0 aliphatic heterocycles. The van der Waals surface area contributed by atoms with E-state index in [0.29, 0.717) is 11.6 Å². The van der Waals surface area contributed by atoms with E-state index in [1.807, 2.05) is 13.8 Å². The number of halogens is 3. The largest absolute Gasteiger partial charge is 0.573 e. The van der Waals surface area contributed by atoms with Crippen molar-refractivity contribution in [2.45, 2.75) is 51.7 Å². The molecule has 3 rings (SSSR count). The molecule has 1 aliphatic rings. The van der Waals surface area contributed by atoms with Gasteiger partial charge in [-0.25, -0.2) is 4.68 Å². The second-order valence-corrected chi connectivity index (χ2v) is 5.98. The number of benzene rings is 1. The molecule has 24 heavy (non-hydrogen) atoms. The average Bonchev–Trinajstić information content (AvgIpc) is 3.24. The second kappa shape index (κ2) is 6.43. The van der Waals surface area contributed by atoms with Gasteiger partial charge in [0, 0.05) is 5.92 Å². The Morgan fingerprint density at radius 3 is 2.58 bits per heavy atom. The fraction of sp³-hybridized carbons (Fsp3) is 0.500. The van der Waals surface area contributed by atoms with Crippen molar-refractivity contribution < 1.29 is 22.6 Å². The topological polar surface area (TPSA) is 49.2 Å². The van der Waals surface area contributed by atoms with Gasteiger partial charge in [-0.2, -0.15) is 0 Å². The first-order chi connectivity index (χ1) is 11.3. The summed E-state index contributed by atoms with van der Waals surface area (Å²) in [5.74, 6) is -0.0109. The quantitative estimate of drug-likeness (QED) is 0.798. The van der Waals surface area contributed by atoms with Crippen molar-refractivity contribution in [3.05, 3.63) is 35.7 Å². The van der Waals surface area contributed by atoms with Crippen LogP contribution in [0.25, 0.3) is 5.69 Å². The van der Waals surface area contributed by atoms with Crippen molar-refractivity contribution >= 4 is 0 Å². The number of nitrogens with zero attached hydrogens (tertiary/aromatic N) is 3. The fourth-order valence-electron chi connectivity index (χ4n) is 2.40. The van der Waals surface area contributed by atoms with Crippen molar-refractivity contribution in [2.24, 2.45) is 0 Å². The molecule has 0 saturated heterocycles. The van der Waals surface area contributed by atoms with E-state index in [2.05, 4.69) is 15.0 Å². The molecule has 0 radical (unpaired) electrons. The van der Waals surface area contributed by atoms with Crippen LogP contribution in [0, 0.1) is 0 Å². The van der Waals surface area contributed by atoms with Gasteiger partial charge in [0.05, 0.1) is 24.1 Å². The second-order valence-electron chi connectivity index (χ2n) is 5.98. The first-order valence-electron chi connectivity index (χ1n) is 7.76. The monoisotopic (exact) mass is 341 g/mol. The Labute approximate surface area is 137 Å². The minimum atomic E-state index is -4.77. The predicted octanol–water partition coefficient (Wildman–Crippen LogP) is 3.97. The Morgan fingerprint density at radius 1 is 1.25 bits per heavy atom. The van der Waals surface area contributed by atoms with Gasteiger partial charge in [0.25, 0.3) is 0 Å². The molecule has 0 bridgehead atoms. The molecular formula is C16H18F3N3O2. The zero-order valence-electron chi connectivity index (χ0n) is 13.4. The third-order valence-electron chi connectivity index (χ3n) is 3.63. The molecule has 0 atom stereocenters. The Bertz CT molecular complexity index is 709. The van der Waals surface area contributed by atoms with Crippen LogP contribution in [0.2, 0.25) is 0 Å². The minimum absolute atomic E-state index is 0.0120. The van der Waals surface area contributed by atoms with Gasteiger partial charge in [-0.3, -0.25) is 0 Å². The molecule has 2 aromatic rings. The number of alkyl halides is 3. The molecule has 1 aliphatic carbocycles. The summed E-state index contributed by atoms with van der Waals surface area (Å²) in [4.78, 5) is 0. The molecule has 1 heterocycles. The fourth-order valence-corrected chi connectivity index (χ4v) is 2.40. The lowest BCUT2D eigenvalue weighted by atomic mass is 10.2. The van der Waals surface area contributed by atoms with Gasteiger partial charge >= 0.3 is 6.36 Å². The maximum Gasteiger partial charge on any atom is 0.573 e. The molecule has 130 valence electrons. The van der Waals surface area contributed by atoms with Gasteiger partial charge < -0.3 is 9.47 Å². The molecule has 0 N–H and O–H groups in total. The average molecular weight is 341 g/mol. The number of para-hydroxylation sites is 2. The highest BCUT2D eigenvalue weighted by molar-refractivity contribution is 5.47. The minimum Gasteiger partial charge on any atom is -0.403 e. The smallest absolute Gasteiger partial charge is 0.403 e. The first kappa shape index (κ1) is 16.8. The molecule has 0 amide bonds. The molecule has 0 spiro atoms. The van der Waals surface area contributed by atoms with Crippen LogP contribution in [0.1, 0.15) is 44.0 Å². The van der Waals surface area contributed by atoms with E-state index in [0.717, 1.165) is 18.5 Å². The summed E-state index contributed by atoms with van der Waals surface area (Å²) in [5, 5.41) is 8.22. The summed E-state index contributed by atoms with van der Waals surface area (Å²) in [6.07, 6.45) is -2.77. The van der Waals surface area contributed by atoms with Crippen LogP contribution in [0.15, 0.2) is 24.3 Å². The zero-order chi connectivity index (χ0) is 17.3. The van der Waals surface area contributed by atoms with Crippen molar-refractivity contribution in [3.63, 3.8) is 0 Å².